The van der Waals surface area contributed by atoms with Crippen LogP contribution in [0.4, 0.5) is 4.79 Å². The molecule has 26 heavy (non-hydrogen) atoms. The van der Waals surface area contributed by atoms with Gasteiger partial charge in [-0.15, -0.1) is 0 Å². The summed E-state index contributed by atoms with van der Waals surface area (Å²) < 4.78 is 10.8. The molecule has 0 bridgehead atoms. The van der Waals surface area contributed by atoms with E-state index in [1.54, 1.807) is 14.2 Å². The molecule has 7 heteroatoms. The predicted molar refractivity (Wildman–Crippen MR) is 95.0 cm³/mol. The van der Waals surface area contributed by atoms with Crippen LogP contribution in [0.5, 0.6) is 11.5 Å². The normalized spacial score (nSPS) is 25.9. The topological polar surface area (TPSA) is 71.1 Å². The Hall–Kier alpha value is -2.28. The Morgan fingerprint density at radius 3 is 2.42 bits per heavy atom. The number of urea groups is 1. The number of nitrogens with zero attached hydrogens (tertiary/aromatic N) is 2. The lowest BCUT2D eigenvalue weighted by Crippen LogP contribution is -2.47. The molecule has 0 radical (unpaired) electrons. The fourth-order valence-electron chi connectivity index (χ4n) is 4.04. The number of fused-ring (bicyclic) bond motifs is 1. The minimum absolute atomic E-state index is 0.0943. The maximum absolute atomic E-state index is 12.8. The number of amides is 3. The van der Waals surface area contributed by atoms with Gasteiger partial charge >= 0.3 is 6.03 Å². The van der Waals surface area contributed by atoms with E-state index in [4.69, 9.17) is 9.47 Å². The molecule has 1 aromatic rings. The molecule has 1 aromatic carbocycles. The summed E-state index contributed by atoms with van der Waals surface area (Å²) in [6.07, 6.45) is 2.86. The lowest BCUT2D eigenvalue weighted by atomic mass is 9.96. The highest BCUT2D eigenvalue weighted by Crippen LogP contribution is 2.42. The molecule has 1 atom stereocenters. The van der Waals surface area contributed by atoms with Crippen LogP contribution in [0.15, 0.2) is 12.1 Å². The maximum atomic E-state index is 12.8. The molecule has 2 fully saturated rings. The summed E-state index contributed by atoms with van der Waals surface area (Å²) in [5.74, 6) is 1.62. The van der Waals surface area contributed by atoms with Gasteiger partial charge in [-0.05, 0) is 55.4 Å². The third-order valence-electron chi connectivity index (χ3n) is 5.83. The van der Waals surface area contributed by atoms with Crippen molar-refractivity contribution in [1.29, 1.82) is 0 Å². The number of nitrogens with one attached hydrogen (secondary N) is 1. The number of ether oxygens (including phenoxy) is 2. The highest BCUT2D eigenvalue weighted by atomic mass is 16.5. The SMILES string of the molecule is COc1cc2c(cc1OC)CN(CN1C(=O)NC(C)(C3CC3)C1=O)CC2. The van der Waals surface area contributed by atoms with Gasteiger partial charge in [-0.2, -0.15) is 0 Å². The molecule has 1 saturated carbocycles. The summed E-state index contributed by atoms with van der Waals surface area (Å²) in [6, 6.07) is 3.73. The van der Waals surface area contributed by atoms with E-state index in [-0.39, 0.29) is 17.9 Å². The van der Waals surface area contributed by atoms with Crippen LogP contribution in [-0.4, -0.2) is 54.7 Å². The monoisotopic (exact) mass is 359 g/mol. The van der Waals surface area contributed by atoms with Crippen molar-refractivity contribution in [3.63, 3.8) is 0 Å². The lowest BCUT2D eigenvalue weighted by Gasteiger charge is -2.32. The summed E-state index contributed by atoms with van der Waals surface area (Å²) in [4.78, 5) is 28.7. The van der Waals surface area contributed by atoms with E-state index in [0.717, 1.165) is 37.1 Å². The van der Waals surface area contributed by atoms with E-state index in [2.05, 4.69) is 10.2 Å². The molecule has 2 heterocycles. The second-order valence-corrected chi connectivity index (χ2v) is 7.56. The Labute approximate surface area is 153 Å². The van der Waals surface area contributed by atoms with E-state index in [0.29, 0.717) is 19.0 Å². The van der Waals surface area contributed by atoms with Gasteiger partial charge in [0.25, 0.3) is 5.91 Å². The first-order valence-electron chi connectivity index (χ1n) is 9.06. The van der Waals surface area contributed by atoms with Gasteiger partial charge in [0.15, 0.2) is 11.5 Å². The fraction of sp³-hybridized carbons (Fsp3) is 0.579. The van der Waals surface area contributed by atoms with Crippen molar-refractivity contribution in [2.75, 3.05) is 27.4 Å². The van der Waals surface area contributed by atoms with Gasteiger partial charge < -0.3 is 14.8 Å². The number of hydrogen-bond donors (Lipinski definition) is 1. The molecule has 1 unspecified atom stereocenters. The quantitative estimate of drug-likeness (QED) is 0.811. The van der Waals surface area contributed by atoms with Crippen molar-refractivity contribution in [1.82, 2.24) is 15.1 Å². The third-order valence-corrected chi connectivity index (χ3v) is 5.83. The molecule has 1 saturated heterocycles. The predicted octanol–water partition coefficient (Wildman–Crippen LogP) is 1.74. The second kappa shape index (κ2) is 6.16. The van der Waals surface area contributed by atoms with Crippen LogP contribution in [0, 0.1) is 5.92 Å². The van der Waals surface area contributed by atoms with E-state index < -0.39 is 5.54 Å². The Kier molecular flexibility index (Phi) is 4.06. The molecular weight excluding hydrogens is 334 g/mol. The Balaban J connectivity index is 1.49. The van der Waals surface area contributed by atoms with Crippen molar-refractivity contribution in [3.8, 4) is 11.5 Å². The zero-order valence-corrected chi connectivity index (χ0v) is 15.5. The molecule has 1 aliphatic carbocycles. The number of carbonyl (C=O) groups is 2. The van der Waals surface area contributed by atoms with Crippen LogP contribution in [-0.2, 0) is 17.8 Å². The van der Waals surface area contributed by atoms with Crippen molar-refractivity contribution in [2.45, 2.75) is 38.3 Å². The second-order valence-electron chi connectivity index (χ2n) is 7.56. The molecule has 7 nitrogen and oxygen atoms in total. The van der Waals surface area contributed by atoms with Crippen molar-refractivity contribution in [3.05, 3.63) is 23.3 Å². The van der Waals surface area contributed by atoms with Crippen LogP contribution in [0.1, 0.15) is 30.9 Å². The average Bonchev–Trinajstić information content (AvgIpc) is 3.46. The summed E-state index contributed by atoms with van der Waals surface area (Å²) in [5, 5.41) is 2.91. The van der Waals surface area contributed by atoms with Crippen molar-refractivity contribution in [2.24, 2.45) is 5.92 Å². The molecule has 0 aromatic heterocycles. The van der Waals surface area contributed by atoms with Gasteiger partial charge in [0.2, 0.25) is 0 Å². The number of hydrogen-bond acceptors (Lipinski definition) is 5. The smallest absolute Gasteiger partial charge is 0.326 e. The van der Waals surface area contributed by atoms with Gasteiger partial charge in [-0.25, -0.2) is 9.69 Å². The average molecular weight is 359 g/mol. The van der Waals surface area contributed by atoms with Gasteiger partial charge in [-0.1, -0.05) is 0 Å². The van der Waals surface area contributed by atoms with Crippen LogP contribution in [0.2, 0.25) is 0 Å². The van der Waals surface area contributed by atoms with E-state index in [9.17, 15) is 9.59 Å². The molecule has 2 aliphatic heterocycles. The first-order chi connectivity index (χ1) is 12.5. The maximum Gasteiger partial charge on any atom is 0.326 e. The molecule has 3 aliphatic rings. The number of rotatable bonds is 5. The van der Waals surface area contributed by atoms with Crippen LogP contribution in [0.3, 0.4) is 0 Å². The van der Waals surface area contributed by atoms with Crippen LogP contribution >= 0.6 is 0 Å². The van der Waals surface area contributed by atoms with Crippen LogP contribution < -0.4 is 14.8 Å². The van der Waals surface area contributed by atoms with Gasteiger partial charge in [0, 0.05) is 13.1 Å². The van der Waals surface area contributed by atoms with Crippen molar-refractivity contribution >= 4 is 11.9 Å². The lowest BCUT2D eigenvalue weighted by molar-refractivity contribution is -0.133. The van der Waals surface area contributed by atoms with Gasteiger partial charge in [0.05, 0.1) is 20.9 Å². The summed E-state index contributed by atoms with van der Waals surface area (Å²) in [6.45, 7) is 3.64. The van der Waals surface area contributed by atoms with Crippen molar-refractivity contribution < 1.29 is 19.1 Å². The highest BCUT2D eigenvalue weighted by molar-refractivity contribution is 6.07. The molecule has 0 spiro atoms. The van der Waals surface area contributed by atoms with E-state index in [1.807, 2.05) is 19.1 Å². The molecule has 1 N–H and O–H groups in total. The van der Waals surface area contributed by atoms with Gasteiger partial charge in [-0.3, -0.25) is 9.69 Å². The highest BCUT2D eigenvalue weighted by Gasteiger charge is 2.56. The Morgan fingerprint density at radius 1 is 1.15 bits per heavy atom. The molecule has 3 amide bonds. The molecule has 4 rings (SSSR count). The zero-order valence-electron chi connectivity index (χ0n) is 15.5. The number of benzene rings is 1. The van der Waals surface area contributed by atoms with Crippen LogP contribution in [0.25, 0.3) is 0 Å². The standard InChI is InChI=1S/C19H25N3O4/c1-19(14-4-5-14)17(23)22(18(24)20-19)11-21-7-6-12-8-15(25-2)16(26-3)9-13(12)10-21/h8-9,14H,4-7,10-11H2,1-3H3,(H,20,24). The minimum Gasteiger partial charge on any atom is -0.493 e. The summed E-state index contributed by atoms with van der Waals surface area (Å²) >= 11 is 0. The zero-order chi connectivity index (χ0) is 18.5. The first-order valence-corrected chi connectivity index (χ1v) is 9.06. The van der Waals surface area contributed by atoms with E-state index >= 15 is 0 Å². The Morgan fingerprint density at radius 2 is 1.81 bits per heavy atom. The number of methoxy groups -OCH3 is 2. The molecular formula is C19H25N3O4. The molecule has 140 valence electrons. The fourth-order valence-corrected chi connectivity index (χ4v) is 4.04. The Bertz CT molecular complexity index is 761. The first kappa shape index (κ1) is 17.1. The summed E-state index contributed by atoms with van der Waals surface area (Å²) in [7, 11) is 3.25. The van der Waals surface area contributed by atoms with Gasteiger partial charge in [0.1, 0.15) is 5.54 Å². The minimum atomic E-state index is -0.721. The summed E-state index contributed by atoms with van der Waals surface area (Å²) in [5.41, 5.74) is 1.64. The largest absolute Gasteiger partial charge is 0.493 e. The number of carbonyl (C=O) groups excluding carboxylic acids is 2. The third kappa shape index (κ3) is 2.70. The number of imide groups is 1. The van der Waals surface area contributed by atoms with E-state index in [1.165, 1.54) is 10.5 Å².